The molecule has 0 bridgehead atoms. The number of aliphatic carboxylic acids is 1. The smallest absolute Gasteiger partial charge is 0.307 e. The Morgan fingerprint density at radius 2 is 1.27 bits per heavy atom. The number of benzene rings is 2. The molecular weight excluding hydrogens is 374 g/mol. The van der Waals surface area contributed by atoms with Crippen LogP contribution < -0.4 is 5.73 Å². The summed E-state index contributed by atoms with van der Waals surface area (Å²) in [6, 6.07) is 18.0. The maximum absolute atomic E-state index is 12.2. The van der Waals surface area contributed by atoms with Gasteiger partial charge in [-0.2, -0.15) is 0 Å². The first kappa shape index (κ1) is 23.7. The highest BCUT2D eigenvalue weighted by molar-refractivity contribution is 5.78. The summed E-state index contributed by atoms with van der Waals surface area (Å²) in [5.41, 5.74) is 8.39. The molecule has 3 N–H and O–H groups in total. The van der Waals surface area contributed by atoms with Gasteiger partial charge in [-0.1, -0.05) is 89.2 Å². The number of carbonyl (C=O) groups excluding carboxylic acids is 1. The summed E-state index contributed by atoms with van der Waals surface area (Å²) in [5.74, 6) is -1.77. The molecule has 0 aromatic heterocycles. The monoisotopic (exact) mass is 409 g/mol. The van der Waals surface area contributed by atoms with Crippen LogP contribution in [-0.4, -0.2) is 17.0 Å². The van der Waals surface area contributed by atoms with Crippen molar-refractivity contribution in [1.82, 2.24) is 0 Å². The molecule has 0 unspecified atom stereocenters. The van der Waals surface area contributed by atoms with Gasteiger partial charge >= 0.3 is 5.97 Å². The number of rotatable bonds is 9. The molecule has 2 atom stereocenters. The first-order chi connectivity index (χ1) is 13.9. The van der Waals surface area contributed by atoms with Crippen molar-refractivity contribution < 1.29 is 14.7 Å². The van der Waals surface area contributed by atoms with E-state index < -0.39 is 11.9 Å². The lowest BCUT2D eigenvalue weighted by atomic mass is 9.71. The molecule has 4 nitrogen and oxygen atoms in total. The predicted octanol–water partition coefficient (Wildman–Crippen LogP) is 4.89. The Labute approximate surface area is 180 Å². The van der Waals surface area contributed by atoms with E-state index in [-0.39, 0.29) is 22.7 Å². The predicted molar refractivity (Wildman–Crippen MR) is 121 cm³/mol. The van der Waals surface area contributed by atoms with Crippen molar-refractivity contribution in [3.05, 3.63) is 71.3 Å². The number of carboxylic acid groups (broad SMARTS) is 1. The van der Waals surface area contributed by atoms with Gasteiger partial charge in [-0.15, -0.1) is 0 Å². The Kier molecular flexibility index (Phi) is 7.46. The summed E-state index contributed by atoms with van der Waals surface area (Å²) in [6.07, 6.45) is 1.84. The average Bonchev–Trinajstić information content (AvgIpc) is 2.64. The fraction of sp³-hybridized carbons (Fsp3) is 0.462. The Morgan fingerprint density at radius 1 is 0.800 bits per heavy atom. The van der Waals surface area contributed by atoms with Gasteiger partial charge in [0.05, 0.1) is 5.92 Å². The second kappa shape index (κ2) is 9.46. The highest BCUT2D eigenvalue weighted by Crippen LogP contribution is 2.34. The number of carbonyl (C=O) groups is 2. The lowest BCUT2D eigenvalue weighted by Crippen LogP contribution is -2.38. The molecule has 2 aromatic carbocycles. The zero-order valence-corrected chi connectivity index (χ0v) is 18.8. The van der Waals surface area contributed by atoms with E-state index in [2.05, 4.69) is 13.8 Å². The van der Waals surface area contributed by atoms with Gasteiger partial charge in [-0.25, -0.2) is 0 Å². The van der Waals surface area contributed by atoms with Crippen LogP contribution in [0.5, 0.6) is 0 Å². The molecule has 0 saturated heterocycles. The minimum Gasteiger partial charge on any atom is -0.481 e. The van der Waals surface area contributed by atoms with E-state index in [9.17, 15) is 14.7 Å². The topological polar surface area (TPSA) is 80.4 Å². The Hall–Kier alpha value is -2.62. The number of amides is 1. The summed E-state index contributed by atoms with van der Waals surface area (Å²) in [5, 5.41) is 9.57. The van der Waals surface area contributed by atoms with Crippen molar-refractivity contribution >= 4 is 11.9 Å². The fourth-order valence-corrected chi connectivity index (χ4v) is 4.05. The summed E-state index contributed by atoms with van der Waals surface area (Å²) in [4.78, 5) is 23.9. The minimum atomic E-state index is -0.766. The lowest BCUT2D eigenvalue weighted by molar-refractivity contribution is -0.145. The quantitative estimate of drug-likeness (QED) is 0.619. The molecule has 0 radical (unpaired) electrons. The van der Waals surface area contributed by atoms with E-state index in [4.69, 9.17) is 5.73 Å². The van der Waals surface area contributed by atoms with Crippen LogP contribution in [-0.2, 0) is 28.9 Å². The first-order valence-electron chi connectivity index (χ1n) is 10.5. The van der Waals surface area contributed by atoms with Crippen molar-refractivity contribution in [2.45, 2.75) is 53.9 Å². The van der Waals surface area contributed by atoms with E-state index in [1.807, 2.05) is 75.4 Å². The highest BCUT2D eigenvalue weighted by atomic mass is 16.4. The molecule has 0 saturated carbocycles. The number of nitrogens with two attached hydrogens (primary N) is 1. The first-order valence-corrected chi connectivity index (χ1v) is 10.5. The average molecular weight is 410 g/mol. The molecule has 0 aliphatic heterocycles. The van der Waals surface area contributed by atoms with Gasteiger partial charge in [-0.05, 0) is 46.8 Å². The van der Waals surface area contributed by atoms with Crippen LogP contribution in [0.15, 0.2) is 54.6 Å². The van der Waals surface area contributed by atoms with Crippen LogP contribution in [0.1, 0.15) is 51.3 Å². The SMILES string of the molecule is CC(C)(C)[C@@H](Cc1ccc(CC(C)(C)[C@@H](Cc2ccccc2)C(N)=O)cc1)C(=O)O. The largest absolute Gasteiger partial charge is 0.481 e. The van der Waals surface area contributed by atoms with Crippen LogP contribution in [0.4, 0.5) is 0 Å². The summed E-state index contributed by atoms with van der Waals surface area (Å²) in [6.45, 7) is 10.0. The van der Waals surface area contributed by atoms with E-state index in [0.717, 1.165) is 23.1 Å². The zero-order chi connectivity index (χ0) is 22.5. The second-order valence-corrected chi connectivity index (χ2v) is 10.1. The molecule has 0 aliphatic carbocycles. The Morgan fingerprint density at radius 3 is 1.73 bits per heavy atom. The fourth-order valence-electron chi connectivity index (χ4n) is 4.05. The van der Waals surface area contributed by atoms with Crippen LogP contribution in [0.25, 0.3) is 0 Å². The third kappa shape index (κ3) is 6.45. The van der Waals surface area contributed by atoms with Crippen molar-refractivity contribution in [2.75, 3.05) is 0 Å². The minimum absolute atomic E-state index is 0.281. The molecule has 2 rings (SSSR count). The third-order valence-corrected chi connectivity index (χ3v) is 6.04. The molecule has 162 valence electrons. The summed E-state index contributed by atoms with van der Waals surface area (Å²) < 4.78 is 0. The number of hydrogen-bond acceptors (Lipinski definition) is 2. The zero-order valence-electron chi connectivity index (χ0n) is 18.8. The summed E-state index contributed by atoms with van der Waals surface area (Å²) >= 11 is 0. The molecule has 2 aromatic rings. The second-order valence-electron chi connectivity index (χ2n) is 10.1. The van der Waals surface area contributed by atoms with Crippen molar-refractivity contribution in [3.8, 4) is 0 Å². The maximum Gasteiger partial charge on any atom is 0.307 e. The standard InChI is InChI=1S/C26H35NO3/c1-25(2,3)22(24(29)30)16-19-11-13-20(14-12-19)17-26(4,5)21(23(27)28)15-18-9-7-6-8-10-18/h6-14,21-22H,15-17H2,1-5H3,(H2,27,28)(H,29,30)/t21-,22-/m0/s1. The van der Waals surface area contributed by atoms with Crippen LogP contribution in [0.3, 0.4) is 0 Å². The van der Waals surface area contributed by atoms with Gasteiger partial charge in [0.1, 0.15) is 0 Å². The van der Waals surface area contributed by atoms with Gasteiger partial charge in [0.25, 0.3) is 0 Å². The van der Waals surface area contributed by atoms with E-state index in [1.54, 1.807) is 0 Å². The third-order valence-electron chi connectivity index (χ3n) is 6.04. The number of primary amides is 1. The molecule has 0 aliphatic rings. The van der Waals surface area contributed by atoms with Crippen LogP contribution >= 0.6 is 0 Å². The molecule has 0 fully saturated rings. The molecule has 1 amide bonds. The van der Waals surface area contributed by atoms with Crippen LogP contribution in [0.2, 0.25) is 0 Å². The van der Waals surface area contributed by atoms with E-state index in [1.165, 1.54) is 0 Å². The molecule has 4 heteroatoms. The van der Waals surface area contributed by atoms with E-state index in [0.29, 0.717) is 12.8 Å². The van der Waals surface area contributed by atoms with Crippen LogP contribution in [0, 0.1) is 22.7 Å². The van der Waals surface area contributed by atoms with Gasteiger partial charge in [-0.3, -0.25) is 9.59 Å². The Balaban J connectivity index is 2.13. The van der Waals surface area contributed by atoms with Crippen molar-refractivity contribution in [1.29, 1.82) is 0 Å². The molecule has 0 spiro atoms. The van der Waals surface area contributed by atoms with Gasteiger partial charge < -0.3 is 10.8 Å². The van der Waals surface area contributed by atoms with Crippen molar-refractivity contribution in [3.63, 3.8) is 0 Å². The van der Waals surface area contributed by atoms with Gasteiger partial charge in [0.2, 0.25) is 5.91 Å². The maximum atomic E-state index is 12.2. The Bertz CT molecular complexity index is 848. The molecule has 0 heterocycles. The van der Waals surface area contributed by atoms with Gasteiger partial charge in [0, 0.05) is 5.92 Å². The number of hydrogen-bond donors (Lipinski definition) is 2. The molecule has 30 heavy (non-hydrogen) atoms. The van der Waals surface area contributed by atoms with Gasteiger partial charge in [0.15, 0.2) is 0 Å². The molecular formula is C26H35NO3. The lowest BCUT2D eigenvalue weighted by Gasteiger charge is -2.33. The summed E-state index contributed by atoms with van der Waals surface area (Å²) in [7, 11) is 0. The number of carboxylic acids is 1. The highest BCUT2D eigenvalue weighted by Gasteiger charge is 2.34. The van der Waals surface area contributed by atoms with Crippen molar-refractivity contribution in [2.24, 2.45) is 28.4 Å². The van der Waals surface area contributed by atoms with E-state index >= 15 is 0 Å². The normalized spacial score (nSPS) is 14.2.